The number of carbonyl (C=O) groups excluding carboxylic acids is 2. The Hall–Kier alpha value is -3.15. The van der Waals surface area contributed by atoms with Gasteiger partial charge in [-0.05, 0) is 31.5 Å². The summed E-state index contributed by atoms with van der Waals surface area (Å²) in [6.45, 7) is 3.01. The molecular weight excluding hydrogens is 446 g/mol. The molecule has 6 N–H and O–H groups in total. The minimum absolute atomic E-state index is 0.00422. The highest BCUT2D eigenvalue weighted by Crippen LogP contribution is 2.34. The van der Waals surface area contributed by atoms with Gasteiger partial charge in [-0.2, -0.15) is 9.82 Å². The molecule has 0 saturated heterocycles. The fourth-order valence-corrected chi connectivity index (χ4v) is 3.94. The van der Waals surface area contributed by atoms with Gasteiger partial charge in [0.25, 0.3) is 5.91 Å². The summed E-state index contributed by atoms with van der Waals surface area (Å²) in [7, 11) is -3.92. The van der Waals surface area contributed by atoms with E-state index >= 15 is 0 Å². The van der Waals surface area contributed by atoms with E-state index in [2.05, 4.69) is 20.5 Å². The van der Waals surface area contributed by atoms with Gasteiger partial charge >= 0.3 is 0 Å². The van der Waals surface area contributed by atoms with Gasteiger partial charge in [0.05, 0.1) is 21.3 Å². The molecule has 2 aromatic carbocycles. The van der Waals surface area contributed by atoms with E-state index in [0.29, 0.717) is 0 Å². The first-order valence-electron chi connectivity index (χ1n) is 9.05. The second-order valence-electron chi connectivity index (χ2n) is 6.40. The van der Waals surface area contributed by atoms with Crippen LogP contribution in [0.5, 0.6) is 5.75 Å². The minimum atomic E-state index is -3.92. The Labute approximate surface area is 184 Å². The fraction of sp³-hybridized carbons (Fsp3) is 0.211. The van der Waals surface area contributed by atoms with E-state index in [9.17, 15) is 23.1 Å². The van der Waals surface area contributed by atoms with Crippen molar-refractivity contribution >= 4 is 50.5 Å². The number of anilines is 2. The van der Waals surface area contributed by atoms with Crippen LogP contribution in [0.15, 0.2) is 52.5 Å². The number of phenolic OH excluding ortho intramolecular Hbond substituents is 1. The first-order chi connectivity index (χ1) is 14.6. The van der Waals surface area contributed by atoms with E-state index in [1.165, 1.54) is 25.1 Å². The van der Waals surface area contributed by atoms with Crippen molar-refractivity contribution in [1.82, 2.24) is 4.72 Å². The second-order valence-corrected chi connectivity index (χ2v) is 8.52. The number of amides is 2. The molecule has 1 unspecified atom stereocenters. The van der Waals surface area contributed by atoms with Crippen LogP contribution in [0.2, 0.25) is 5.02 Å². The number of sulfonamides is 1. The summed E-state index contributed by atoms with van der Waals surface area (Å²) in [5, 5.41) is 18.3. The van der Waals surface area contributed by atoms with Crippen molar-refractivity contribution in [2.45, 2.75) is 31.2 Å². The van der Waals surface area contributed by atoms with Crippen LogP contribution < -0.4 is 21.2 Å². The predicted octanol–water partition coefficient (Wildman–Crippen LogP) is 2.01. The number of hydrogen-bond donors (Lipinski definition) is 5. The number of hydrogen-bond acceptors (Lipinski definition) is 7. The Balaban J connectivity index is 2.18. The number of benzene rings is 2. The first-order valence-corrected chi connectivity index (χ1v) is 10.9. The maximum atomic E-state index is 12.6. The zero-order valence-corrected chi connectivity index (χ0v) is 18.3. The maximum Gasteiger partial charge on any atom is 0.271 e. The van der Waals surface area contributed by atoms with Crippen molar-refractivity contribution in [2.75, 3.05) is 10.6 Å². The highest BCUT2D eigenvalue weighted by molar-refractivity contribution is 7.89. The highest BCUT2D eigenvalue weighted by atomic mass is 35.5. The van der Waals surface area contributed by atoms with Crippen molar-refractivity contribution in [3.05, 3.63) is 47.5 Å². The number of phenols is 1. The zero-order valence-electron chi connectivity index (χ0n) is 16.7. The number of rotatable bonds is 8. The molecule has 2 amide bonds. The molecule has 0 aliphatic carbocycles. The molecular formula is C19H22ClN5O5S. The smallest absolute Gasteiger partial charge is 0.271 e. The van der Waals surface area contributed by atoms with E-state index < -0.39 is 27.9 Å². The molecule has 31 heavy (non-hydrogen) atoms. The van der Waals surface area contributed by atoms with Crippen LogP contribution in [0, 0.1) is 0 Å². The fourth-order valence-electron chi connectivity index (χ4n) is 2.43. The number of aromatic hydroxyl groups is 1. The normalized spacial score (nSPS) is 12.8. The quantitative estimate of drug-likeness (QED) is 0.172. The van der Waals surface area contributed by atoms with Crippen molar-refractivity contribution in [1.29, 1.82) is 0 Å². The molecule has 0 fully saturated rings. The third-order valence-electron chi connectivity index (χ3n) is 4.19. The summed E-state index contributed by atoms with van der Waals surface area (Å²) in [4.78, 5) is 24.5. The number of hydrazone groups is 1. The lowest BCUT2D eigenvalue weighted by molar-refractivity contribution is -0.117. The lowest BCUT2D eigenvalue weighted by atomic mass is 10.2. The van der Waals surface area contributed by atoms with Crippen LogP contribution in [0.1, 0.15) is 20.3 Å². The van der Waals surface area contributed by atoms with E-state index in [1.54, 1.807) is 25.1 Å². The lowest BCUT2D eigenvalue weighted by Gasteiger charge is -2.18. The summed E-state index contributed by atoms with van der Waals surface area (Å²) >= 11 is 6.15. The average molecular weight is 468 g/mol. The van der Waals surface area contributed by atoms with E-state index in [4.69, 9.17) is 17.4 Å². The summed E-state index contributed by atoms with van der Waals surface area (Å²) in [6, 6.07) is 8.89. The average Bonchev–Trinajstić information content (AvgIpc) is 2.75. The van der Waals surface area contributed by atoms with Gasteiger partial charge in [-0.1, -0.05) is 36.7 Å². The zero-order chi connectivity index (χ0) is 23.2. The molecule has 0 spiro atoms. The standard InChI is InChI=1S/C19H22ClN5O5S/c1-3-14(25-31(29,30)12-7-5-4-6-8-12)19(28)22-15-10-17(26)16(9-13(15)20)23-18(27)11(2)24-21/h4-10,14,25-26H,3,21H2,1-2H3,(H,22,28)(H,23,27). The molecule has 10 nitrogen and oxygen atoms in total. The maximum absolute atomic E-state index is 12.6. The summed E-state index contributed by atoms with van der Waals surface area (Å²) in [5.74, 6) is 3.34. The molecule has 0 heterocycles. The van der Waals surface area contributed by atoms with Crippen LogP contribution in [-0.4, -0.2) is 37.1 Å². The molecule has 0 saturated carbocycles. The Morgan fingerprint density at radius 3 is 2.39 bits per heavy atom. The van der Waals surface area contributed by atoms with Crippen molar-refractivity contribution < 1.29 is 23.1 Å². The summed E-state index contributed by atoms with van der Waals surface area (Å²) in [5.41, 5.74) is -0.0130. The highest BCUT2D eigenvalue weighted by Gasteiger charge is 2.25. The number of nitrogens with zero attached hydrogens (tertiary/aromatic N) is 1. The van der Waals surface area contributed by atoms with Gasteiger partial charge in [-0.25, -0.2) is 8.42 Å². The van der Waals surface area contributed by atoms with Crippen LogP contribution in [0.4, 0.5) is 11.4 Å². The van der Waals surface area contributed by atoms with Gasteiger partial charge in [0.2, 0.25) is 15.9 Å². The first kappa shape index (κ1) is 24.1. The van der Waals surface area contributed by atoms with Crippen LogP contribution in [0.3, 0.4) is 0 Å². The number of nitrogens with two attached hydrogens (primary N) is 1. The number of carbonyl (C=O) groups is 2. The van der Waals surface area contributed by atoms with Gasteiger partial charge in [-0.3, -0.25) is 9.59 Å². The topological polar surface area (TPSA) is 163 Å². The second kappa shape index (κ2) is 10.2. The van der Waals surface area contributed by atoms with Gasteiger partial charge in [-0.15, -0.1) is 0 Å². The Morgan fingerprint density at radius 1 is 1.16 bits per heavy atom. The van der Waals surface area contributed by atoms with Gasteiger partial charge in [0.1, 0.15) is 17.5 Å². The monoisotopic (exact) mass is 467 g/mol. The number of halogens is 1. The van der Waals surface area contributed by atoms with E-state index in [0.717, 1.165) is 6.07 Å². The molecule has 0 aliphatic heterocycles. The summed E-state index contributed by atoms with van der Waals surface area (Å²) < 4.78 is 27.3. The third-order valence-corrected chi connectivity index (χ3v) is 5.99. The molecule has 166 valence electrons. The molecule has 0 aromatic heterocycles. The molecule has 2 rings (SSSR count). The molecule has 0 radical (unpaired) electrons. The van der Waals surface area contributed by atoms with Gasteiger partial charge in [0.15, 0.2) is 0 Å². The van der Waals surface area contributed by atoms with Crippen molar-refractivity contribution in [2.24, 2.45) is 10.9 Å². The summed E-state index contributed by atoms with van der Waals surface area (Å²) in [6.07, 6.45) is 0.160. The Kier molecular flexibility index (Phi) is 7.97. The Morgan fingerprint density at radius 2 is 1.81 bits per heavy atom. The van der Waals surface area contributed by atoms with Crippen molar-refractivity contribution in [3.8, 4) is 5.75 Å². The molecule has 0 bridgehead atoms. The van der Waals surface area contributed by atoms with Gasteiger partial charge < -0.3 is 21.6 Å². The van der Waals surface area contributed by atoms with Crippen LogP contribution in [-0.2, 0) is 19.6 Å². The van der Waals surface area contributed by atoms with E-state index in [1.807, 2.05) is 0 Å². The molecule has 0 aliphatic rings. The molecule has 1 atom stereocenters. The number of nitrogens with one attached hydrogen (secondary N) is 3. The molecule has 2 aromatic rings. The SMILES string of the molecule is CCC(NS(=O)(=O)c1ccccc1)C(=O)Nc1cc(O)c(NC(=O)C(C)=NN)cc1Cl. The predicted molar refractivity (Wildman–Crippen MR) is 119 cm³/mol. The van der Waals surface area contributed by atoms with Crippen LogP contribution >= 0.6 is 11.6 Å². The van der Waals surface area contributed by atoms with Crippen LogP contribution in [0.25, 0.3) is 0 Å². The Bertz CT molecular complexity index is 1110. The lowest BCUT2D eigenvalue weighted by Crippen LogP contribution is -2.43. The molecule has 12 heteroatoms. The van der Waals surface area contributed by atoms with Crippen molar-refractivity contribution in [3.63, 3.8) is 0 Å². The minimum Gasteiger partial charge on any atom is -0.506 e. The van der Waals surface area contributed by atoms with Gasteiger partial charge in [0, 0.05) is 6.07 Å². The third kappa shape index (κ3) is 6.17. The van der Waals surface area contributed by atoms with E-state index in [-0.39, 0.29) is 39.2 Å². The largest absolute Gasteiger partial charge is 0.506 e.